The maximum Gasteiger partial charge on any atom is 0.408 e. The molecule has 0 radical (unpaired) electrons. The van der Waals surface area contributed by atoms with Gasteiger partial charge in [0.05, 0.1) is 13.2 Å². The summed E-state index contributed by atoms with van der Waals surface area (Å²) in [6.45, 7) is 7.44. The number of carbonyl (C=O) groups excluding carboxylic acids is 3. The number of rotatable bonds is 15. The summed E-state index contributed by atoms with van der Waals surface area (Å²) in [7, 11) is 0. The zero-order valence-corrected chi connectivity index (χ0v) is 16.6. The summed E-state index contributed by atoms with van der Waals surface area (Å²) >= 11 is 0. The first-order valence-corrected chi connectivity index (χ1v) is 9.28. The quantitative estimate of drug-likeness (QED) is 0.189. The standard InChI is InChI=1S/C18H34N4O5/c1-18(2,3)27-17(25)22-15(7-4-5-9-20-10-8-19)16(24)21-11-14-26-13-6-12-23/h8,12,15,19-20H,4-7,9-11,13-14H2,1-3H3,(H,21,24)(H,22,25). The number of amides is 2. The molecule has 0 rings (SSSR count). The Morgan fingerprint density at radius 2 is 1.89 bits per heavy atom. The lowest BCUT2D eigenvalue weighted by Gasteiger charge is -2.23. The Kier molecular flexibility index (Phi) is 14.0. The largest absolute Gasteiger partial charge is 0.444 e. The Hall–Kier alpha value is -2.00. The molecule has 0 aliphatic heterocycles. The molecule has 4 N–H and O–H groups in total. The first kappa shape index (κ1) is 25.0. The number of hydrogen-bond donors (Lipinski definition) is 4. The first-order valence-electron chi connectivity index (χ1n) is 9.28. The van der Waals surface area contributed by atoms with Crippen LogP contribution in [0.2, 0.25) is 0 Å². The van der Waals surface area contributed by atoms with Crippen molar-refractivity contribution < 1.29 is 23.9 Å². The molecule has 156 valence electrons. The van der Waals surface area contributed by atoms with E-state index < -0.39 is 17.7 Å². The number of aldehydes is 1. The Bertz CT molecular complexity index is 452. The van der Waals surface area contributed by atoms with E-state index in [1.54, 1.807) is 20.8 Å². The SMILES string of the molecule is CC(C)(C)OC(=O)NC(CCCCNCC=N)C(=O)NCCOCCC=O. The molecule has 1 unspecified atom stereocenters. The zero-order chi connectivity index (χ0) is 20.5. The lowest BCUT2D eigenvalue weighted by atomic mass is 10.1. The number of alkyl carbamates (subject to hydrolysis) is 1. The van der Waals surface area contributed by atoms with Gasteiger partial charge in [-0.25, -0.2) is 4.79 Å². The molecule has 0 aromatic heterocycles. The minimum absolute atomic E-state index is 0.297. The predicted molar refractivity (Wildman–Crippen MR) is 103 cm³/mol. The maximum absolute atomic E-state index is 12.4. The van der Waals surface area contributed by atoms with Crippen LogP contribution in [0.5, 0.6) is 0 Å². The molecule has 1 atom stereocenters. The monoisotopic (exact) mass is 386 g/mol. The molecule has 0 spiro atoms. The number of nitrogens with one attached hydrogen (secondary N) is 4. The molecule has 9 nitrogen and oxygen atoms in total. The van der Waals surface area contributed by atoms with Crippen LogP contribution in [-0.4, -0.2) is 69.0 Å². The van der Waals surface area contributed by atoms with Crippen molar-refractivity contribution in [2.24, 2.45) is 0 Å². The van der Waals surface area contributed by atoms with E-state index in [1.165, 1.54) is 6.21 Å². The average Bonchev–Trinajstić information content (AvgIpc) is 2.58. The van der Waals surface area contributed by atoms with Gasteiger partial charge in [-0.2, -0.15) is 0 Å². The van der Waals surface area contributed by atoms with Crippen molar-refractivity contribution in [3.63, 3.8) is 0 Å². The van der Waals surface area contributed by atoms with Crippen LogP contribution < -0.4 is 16.0 Å². The Balaban J connectivity index is 4.38. The number of carbonyl (C=O) groups is 3. The molecule has 2 amide bonds. The van der Waals surface area contributed by atoms with Crippen LogP contribution in [-0.2, 0) is 19.1 Å². The third kappa shape index (κ3) is 15.9. The summed E-state index contributed by atoms with van der Waals surface area (Å²) in [6.07, 6.45) is 3.78. The minimum Gasteiger partial charge on any atom is -0.444 e. The average molecular weight is 386 g/mol. The van der Waals surface area contributed by atoms with Crippen molar-refractivity contribution in [1.82, 2.24) is 16.0 Å². The van der Waals surface area contributed by atoms with Crippen LogP contribution in [0.4, 0.5) is 4.79 Å². The highest BCUT2D eigenvalue weighted by atomic mass is 16.6. The molecule has 27 heavy (non-hydrogen) atoms. The van der Waals surface area contributed by atoms with Gasteiger partial charge in [-0.3, -0.25) is 4.79 Å². The molecule has 0 aliphatic carbocycles. The van der Waals surface area contributed by atoms with E-state index in [-0.39, 0.29) is 5.91 Å². The maximum atomic E-state index is 12.4. The van der Waals surface area contributed by atoms with Crippen LogP contribution in [0.1, 0.15) is 46.5 Å². The second kappa shape index (κ2) is 15.1. The van der Waals surface area contributed by atoms with E-state index >= 15 is 0 Å². The van der Waals surface area contributed by atoms with Crippen LogP contribution in [0.15, 0.2) is 0 Å². The summed E-state index contributed by atoms with van der Waals surface area (Å²) in [4.78, 5) is 34.6. The molecule has 0 aromatic carbocycles. The van der Waals surface area contributed by atoms with Crippen molar-refractivity contribution in [1.29, 1.82) is 5.41 Å². The van der Waals surface area contributed by atoms with Gasteiger partial charge in [-0.15, -0.1) is 0 Å². The summed E-state index contributed by atoms with van der Waals surface area (Å²) < 4.78 is 10.4. The van der Waals surface area contributed by atoms with Gasteiger partial charge in [-0.05, 0) is 46.6 Å². The smallest absolute Gasteiger partial charge is 0.408 e. The number of hydrogen-bond acceptors (Lipinski definition) is 7. The summed E-state index contributed by atoms with van der Waals surface area (Å²) in [5.41, 5.74) is -0.645. The summed E-state index contributed by atoms with van der Waals surface area (Å²) in [5, 5.41) is 15.4. The molecular weight excluding hydrogens is 352 g/mol. The highest BCUT2D eigenvalue weighted by Gasteiger charge is 2.23. The molecular formula is C18H34N4O5. The van der Waals surface area contributed by atoms with Crippen LogP contribution >= 0.6 is 0 Å². The Morgan fingerprint density at radius 1 is 1.15 bits per heavy atom. The van der Waals surface area contributed by atoms with Crippen molar-refractivity contribution >= 4 is 24.5 Å². The Labute approximate surface area is 161 Å². The first-order chi connectivity index (χ1) is 12.8. The fourth-order valence-electron chi connectivity index (χ4n) is 2.09. The molecule has 0 fully saturated rings. The molecule has 0 aliphatic rings. The van der Waals surface area contributed by atoms with Gasteiger partial charge in [0.25, 0.3) is 0 Å². The van der Waals surface area contributed by atoms with Gasteiger partial charge in [-0.1, -0.05) is 0 Å². The van der Waals surface area contributed by atoms with Gasteiger partial charge < -0.3 is 35.6 Å². The van der Waals surface area contributed by atoms with E-state index in [0.29, 0.717) is 39.1 Å². The number of ether oxygens (including phenoxy) is 2. The van der Waals surface area contributed by atoms with Gasteiger partial charge >= 0.3 is 6.09 Å². The lowest BCUT2D eigenvalue weighted by molar-refractivity contribution is -0.123. The van der Waals surface area contributed by atoms with E-state index in [4.69, 9.17) is 14.9 Å². The molecule has 0 saturated heterocycles. The normalized spacial score (nSPS) is 12.1. The highest BCUT2D eigenvalue weighted by molar-refractivity contribution is 5.85. The van der Waals surface area contributed by atoms with E-state index in [2.05, 4.69) is 16.0 Å². The van der Waals surface area contributed by atoms with E-state index in [9.17, 15) is 14.4 Å². The minimum atomic E-state index is -0.697. The van der Waals surface area contributed by atoms with Gasteiger partial charge in [0.2, 0.25) is 5.91 Å². The van der Waals surface area contributed by atoms with E-state index in [0.717, 1.165) is 25.7 Å². The topological polar surface area (TPSA) is 130 Å². The summed E-state index contributed by atoms with van der Waals surface area (Å²) in [5.74, 6) is -0.299. The third-order valence-electron chi connectivity index (χ3n) is 3.28. The second-order valence-electron chi connectivity index (χ2n) is 6.96. The van der Waals surface area contributed by atoms with Crippen molar-refractivity contribution in [3.8, 4) is 0 Å². The van der Waals surface area contributed by atoms with Gasteiger partial charge in [0.15, 0.2) is 0 Å². The molecule has 0 saturated carbocycles. The van der Waals surface area contributed by atoms with Crippen molar-refractivity contribution in [2.45, 2.75) is 58.1 Å². The second-order valence-corrected chi connectivity index (χ2v) is 6.96. The third-order valence-corrected chi connectivity index (χ3v) is 3.28. The molecule has 0 aromatic rings. The van der Waals surface area contributed by atoms with Crippen LogP contribution in [0.3, 0.4) is 0 Å². The fourth-order valence-corrected chi connectivity index (χ4v) is 2.09. The summed E-state index contributed by atoms with van der Waals surface area (Å²) in [6, 6.07) is -0.697. The van der Waals surface area contributed by atoms with Crippen LogP contribution in [0.25, 0.3) is 0 Å². The Morgan fingerprint density at radius 3 is 2.52 bits per heavy atom. The van der Waals surface area contributed by atoms with Crippen LogP contribution in [0, 0.1) is 5.41 Å². The van der Waals surface area contributed by atoms with Gasteiger partial charge in [0.1, 0.15) is 17.9 Å². The predicted octanol–water partition coefficient (Wildman–Crippen LogP) is 1.01. The van der Waals surface area contributed by atoms with Crippen molar-refractivity contribution in [3.05, 3.63) is 0 Å². The molecule has 0 heterocycles. The van der Waals surface area contributed by atoms with Crippen molar-refractivity contribution in [2.75, 3.05) is 32.8 Å². The molecule has 0 bridgehead atoms. The highest BCUT2D eigenvalue weighted by Crippen LogP contribution is 2.08. The fraction of sp³-hybridized carbons (Fsp3) is 0.778. The van der Waals surface area contributed by atoms with Gasteiger partial charge in [0, 0.05) is 25.7 Å². The lowest BCUT2D eigenvalue weighted by Crippen LogP contribution is -2.48. The van der Waals surface area contributed by atoms with E-state index in [1.807, 2.05) is 0 Å². The molecule has 9 heteroatoms. The zero-order valence-electron chi connectivity index (χ0n) is 16.6. The number of unbranched alkanes of at least 4 members (excludes halogenated alkanes) is 1.